The van der Waals surface area contributed by atoms with Crippen LogP contribution in [0.15, 0.2) is 0 Å². The maximum absolute atomic E-state index is 11.8. The highest BCUT2D eigenvalue weighted by atomic mass is 16.6. The van der Waals surface area contributed by atoms with E-state index in [2.05, 4.69) is 45.3 Å². The molecular formula is C17H34N2O3. The highest BCUT2D eigenvalue weighted by molar-refractivity contribution is 5.67. The van der Waals surface area contributed by atoms with Crippen molar-refractivity contribution in [3.05, 3.63) is 0 Å². The molecule has 1 saturated heterocycles. The number of alkyl carbamates (subject to hydrolysis) is 1. The van der Waals surface area contributed by atoms with E-state index in [4.69, 9.17) is 9.47 Å². The van der Waals surface area contributed by atoms with Gasteiger partial charge in [-0.3, -0.25) is 0 Å². The molecule has 1 amide bonds. The highest BCUT2D eigenvalue weighted by Crippen LogP contribution is 2.37. The first-order valence-corrected chi connectivity index (χ1v) is 8.28. The van der Waals surface area contributed by atoms with E-state index >= 15 is 0 Å². The van der Waals surface area contributed by atoms with Gasteiger partial charge in [0.05, 0.1) is 11.2 Å². The quantitative estimate of drug-likeness (QED) is 0.818. The van der Waals surface area contributed by atoms with Gasteiger partial charge in [0.2, 0.25) is 0 Å². The molecule has 2 N–H and O–H groups in total. The summed E-state index contributed by atoms with van der Waals surface area (Å²) in [5, 5.41) is 6.48. The Hall–Kier alpha value is -0.810. The minimum Gasteiger partial charge on any atom is -0.444 e. The molecule has 1 aliphatic heterocycles. The van der Waals surface area contributed by atoms with Crippen LogP contribution in [0.2, 0.25) is 0 Å². The van der Waals surface area contributed by atoms with Crippen LogP contribution in [0.3, 0.4) is 0 Å². The van der Waals surface area contributed by atoms with E-state index in [1.807, 2.05) is 20.8 Å². The molecular weight excluding hydrogens is 280 g/mol. The monoisotopic (exact) mass is 314 g/mol. The van der Waals surface area contributed by atoms with Crippen LogP contribution in [0, 0.1) is 0 Å². The topological polar surface area (TPSA) is 59.6 Å². The van der Waals surface area contributed by atoms with Crippen molar-refractivity contribution in [2.24, 2.45) is 0 Å². The number of carbonyl (C=O) groups excluding carboxylic acids is 1. The molecule has 0 aromatic carbocycles. The lowest BCUT2D eigenvalue weighted by Crippen LogP contribution is -2.51. The zero-order valence-electron chi connectivity index (χ0n) is 15.5. The summed E-state index contributed by atoms with van der Waals surface area (Å²) >= 11 is 0. The molecule has 2 atom stereocenters. The van der Waals surface area contributed by atoms with Crippen LogP contribution in [0.4, 0.5) is 4.79 Å². The molecule has 0 bridgehead atoms. The second kappa shape index (κ2) is 6.75. The largest absolute Gasteiger partial charge is 0.444 e. The van der Waals surface area contributed by atoms with Gasteiger partial charge in [-0.2, -0.15) is 0 Å². The van der Waals surface area contributed by atoms with Gasteiger partial charge in [-0.15, -0.1) is 0 Å². The SMILES string of the molecule is CCC(CNC(=O)OC(C)(C)C)NC1CC(C)(C)OC1(C)C. The molecule has 0 aliphatic carbocycles. The van der Waals surface area contributed by atoms with Crippen molar-refractivity contribution in [2.45, 2.75) is 97.1 Å². The Balaban J connectivity index is 2.51. The van der Waals surface area contributed by atoms with Crippen LogP contribution in [0.25, 0.3) is 0 Å². The summed E-state index contributed by atoms with van der Waals surface area (Å²) in [4.78, 5) is 11.8. The molecule has 1 heterocycles. The van der Waals surface area contributed by atoms with E-state index in [0.717, 1.165) is 12.8 Å². The van der Waals surface area contributed by atoms with Gasteiger partial charge in [-0.05, 0) is 61.3 Å². The first kappa shape index (κ1) is 19.2. The fraction of sp³-hybridized carbons (Fsp3) is 0.941. The average molecular weight is 314 g/mol. The molecule has 0 aromatic rings. The smallest absolute Gasteiger partial charge is 0.407 e. The number of ether oxygens (including phenoxy) is 2. The maximum atomic E-state index is 11.8. The molecule has 1 aliphatic rings. The Morgan fingerprint density at radius 2 is 1.91 bits per heavy atom. The number of hydrogen-bond acceptors (Lipinski definition) is 4. The lowest BCUT2D eigenvalue weighted by atomic mass is 9.93. The van der Waals surface area contributed by atoms with Crippen molar-refractivity contribution >= 4 is 6.09 Å². The minimum absolute atomic E-state index is 0.113. The third kappa shape index (κ3) is 6.13. The predicted octanol–water partition coefficient (Wildman–Crippen LogP) is 3.23. The summed E-state index contributed by atoms with van der Waals surface area (Å²) < 4.78 is 11.4. The van der Waals surface area contributed by atoms with Gasteiger partial charge in [0, 0.05) is 18.6 Å². The average Bonchev–Trinajstić information content (AvgIpc) is 2.49. The Labute approximate surface area is 135 Å². The summed E-state index contributed by atoms with van der Waals surface area (Å²) in [5.41, 5.74) is -0.786. The van der Waals surface area contributed by atoms with Crippen molar-refractivity contribution < 1.29 is 14.3 Å². The van der Waals surface area contributed by atoms with Crippen LogP contribution in [-0.2, 0) is 9.47 Å². The van der Waals surface area contributed by atoms with Crippen LogP contribution < -0.4 is 10.6 Å². The van der Waals surface area contributed by atoms with Crippen molar-refractivity contribution in [1.82, 2.24) is 10.6 Å². The van der Waals surface area contributed by atoms with Crippen LogP contribution >= 0.6 is 0 Å². The van der Waals surface area contributed by atoms with E-state index in [1.165, 1.54) is 0 Å². The van der Waals surface area contributed by atoms with Gasteiger partial charge in [-0.25, -0.2) is 4.79 Å². The van der Waals surface area contributed by atoms with Gasteiger partial charge in [0.25, 0.3) is 0 Å². The summed E-state index contributed by atoms with van der Waals surface area (Å²) in [6, 6.07) is 0.474. The molecule has 5 heteroatoms. The third-order valence-corrected chi connectivity index (χ3v) is 3.90. The van der Waals surface area contributed by atoms with Gasteiger partial charge in [0.15, 0.2) is 0 Å². The summed E-state index contributed by atoms with van der Waals surface area (Å²) in [6.07, 6.45) is 1.53. The fourth-order valence-corrected chi connectivity index (χ4v) is 2.95. The Morgan fingerprint density at radius 1 is 1.32 bits per heavy atom. The molecule has 2 unspecified atom stereocenters. The van der Waals surface area contributed by atoms with Gasteiger partial charge < -0.3 is 20.1 Å². The second-order valence-corrected chi connectivity index (χ2v) is 8.38. The maximum Gasteiger partial charge on any atom is 0.407 e. The molecule has 5 nitrogen and oxygen atoms in total. The standard InChI is InChI=1S/C17H34N2O3/c1-9-12(11-18-14(20)21-15(2,3)4)19-13-10-16(5,6)22-17(13,7)8/h12-13,19H,9-11H2,1-8H3,(H,18,20). The lowest BCUT2D eigenvalue weighted by Gasteiger charge is -2.31. The van der Waals surface area contributed by atoms with Crippen LogP contribution in [0.1, 0.15) is 68.2 Å². The minimum atomic E-state index is -0.468. The first-order chi connectivity index (χ1) is 9.85. The summed E-state index contributed by atoms with van der Waals surface area (Å²) in [7, 11) is 0. The molecule has 0 spiro atoms. The second-order valence-electron chi connectivity index (χ2n) is 8.38. The normalized spacial score (nSPS) is 24.8. The van der Waals surface area contributed by atoms with E-state index < -0.39 is 5.60 Å². The molecule has 0 aromatic heterocycles. The molecule has 22 heavy (non-hydrogen) atoms. The number of amides is 1. The third-order valence-electron chi connectivity index (χ3n) is 3.90. The predicted molar refractivity (Wildman–Crippen MR) is 89.1 cm³/mol. The molecule has 130 valence electrons. The number of carbonyl (C=O) groups is 1. The van der Waals surface area contributed by atoms with E-state index in [-0.39, 0.29) is 29.4 Å². The van der Waals surface area contributed by atoms with Crippen LogP contribution in [0.5, 0.6) is 0 Å². The summed E-state index contributed by atoms with van der Waals surface area (Å²) in [5.74, 6) is 0. The number of hydrogen-bond donors (Lipinski definition) is 2. The molecule has 1 rings (SSSR count). The Kier molecular flexibility index (Phi) is 5.90. The Morgan fingerprint density at radius 3 is 2.32 bits per heavy atom. The lowest BCUT2D eigenvalue weighted by molar-refractivity contribution is -0.0704. The number of rotatable bonds is 5. The van der Waals surface area contributed by atoms with Gasteiger partial charge >= 0.3 is 6.09 Å². The van der Waals surface area contributed by atoms with Crippen molar-refractivity contribution in [2.75, 3.05) is 6.54 Å². The molecule has 0 radical (unpaired) electrons. The summed E-state index contributed by atoms with van der Waals surface area (Å²) in [6.45, 7) is 16.7. The van der Waals surface area contributed by atoms with Gasteiger partial charge in [0.1, 0.15) is 5.60 Å². The highest BCUT2D eigenvalue weighted by Gasteiger charge is 2.46. The number of nitrogens with one attached hydrogen (secondary N) is 2. The van der Waals surface area contributed by atoms with E-state index in [1.54, 1.807) is 0 Å². The van der Waals surface area contributed by atoms with Gasteiger partial charge in [-0.1, -0.05) is 6.92 Å². The zero-order valence-corrected chi connectivity index (χ0v) is 15.5. The van der Waals surface area contributed by atoms with Crippen molar-refractivity contribution in [3.8, 4) is 0 Å². The van der Waals surface area contributed by atoms with E-state index in [0.29, 0.717) is 6.54 Å². The van der Waals surface area contributed by atoms with Crippen molar-refractivity contribution in [3.63, 3.8) is 0 Å². The molecule has 1 fully saturated rings. The molecule has 0 saturated carbocycles. The van der Waals surface area contributed by atoms with Crippen molar-refractivity contribution in [1.29, 1.82) is 0 Å². The first-order valence-electron chi connectivity index (χ1n) is 8.28. The van der Waals surface area contributed by atoms with E-state index in [9.17, 15) is 4.79 Å². The Bertz CT molecular complexity index is 386. The zero-order chi connectivity index (χ0) is 17.2. The van der Waals surface area contributed by atoms with Crippen LogP contribution in [-0.4, -0.2) is 41.5 Å². The fourth-order valence-electron chi connectivity index (χ4n) is 2.95.